The molecule has 3 N–H and O–H groups in total. The summed E-state index contributed by atoms with van der Waals surface area (Å²) in [6.07, 6.45) is 1.62. The fraction of sp³-hybridized carbons (Fsp3) is 0.500. The van der Waals surface area contributed by atoms with Crippen LogP contribution in [0.3, 0.4) is 0 Å². The Morgan fingerprint density at radius 2 is 2.18 bits per heavy atom. The molecule has 6 nitrogen and oxygen atoms in total. The molecule has 0 fully saturated rings. The van der Waals surface area contributed by atoms with Gasteiger partial charge in [-0.3, -0.25) is 4.79 Å². The number of rotatable bonds is 5. The highest BCUT2D eigenvalue weighted by Crippen LogP contribution is 2.08. The Balaban J connectivity index is 2.54. The smallest absolute Gasteiger partial charge is 0.268 e. The molecule has 7 heteroatoms. The molecule has 0 aliphatic heterocycles. The molecule has 17 heavy (non-hydrogen) atoms. The van der Waals surface area contributed by atoms with Crippen LogP contribution in [0.25, 0.3) is 0 Å². The normalized spacial score (nSPS) is 11.4. The van der Waals surface area contributed by atoms with Gasteiger partial charge in [-0.1, -0.05) is 6.92 Å². The maximum absolute atomic E-state index is 11.7. The molecule has 0 spiro atoms. The maximum Gasteiger partial charge on any atom is 0.268 e. The fourth-order valence-electron chi connectivity index (χ4n) is 1.37. The minimum Gasteiger partial charge on any atom is -0.397 e. The van der Waals surface area contributed by atoms with Crippen molar-refractivity contribution in [2.75, 3.05) is 23.8 Å². The number of hydrogen-bond acceptors (Lipinski definition) is 4. The van der Waals surface area contributed by atoms with E-state index in [4.69, 9.17) is 5.73 Å². The lowest BCUT2D eigenvalue weighted by Gasteiger charge is -2.05. The summed E-state index contributed by atoms with van der Waals surface area (Å²) in [4.78, 5) is 11.7. The number of hydrogen-bond donors (Lipinski definition) is 2. The predicted molar refractivity (Wildman–Crippen MR) is 66.5 cm³/mol. The van der Waals surface area contributed by atoms with Crippen LogP contribution in [0.5, 0.6) is 0 Å². The summed E-state index contributed by atoms with van der Waals surface area (Å²) in [7, 11) is -1.35. The van der Waals surface area contributed by atoms with Crippen molar-refractivity contribution in [1.82, 2.24) is 9.88 Å². The number of aromatic nitrogens is 1. The summed E-state index contributed by atoms with van der Waals surface area (Å²) in [6, 6.07) is 1.55. The van der Waals surface area contributed by atoms with Gasteiger partial charge in [-0.05, 0) is 6.07 Å². The third-order valence-electron chi connectivity index (χ3n) is 2.40. The van der Waals surface area contributed by atoms with Crippen LogP contribution in [0, 0.1) is 0 Å². The van der Waals surface area contributed by atoms with Crippen molar-refractivity contribution >= 4 is 21.4 Å². The van der Waals surface area contributed by atoms with E-state index in [1.54, 1.807) is 30.8 Å². The number of carbonyl (C=O) groups excluding carboxylic acids is 1. The van der Waals surface area contributed by atoms with Crippen molar-refractivity contribution < 1.29 is 13.2 Å². The standard InChI is InChI=1S/C10H17N3O3S/c1-3-17(15,16)5-4-12-10(14)9-6-8(11)7-13(9)2/h6-7H,3-5,11H2,1-2H3,(H,12,14). The molecule has 0 atom stereocenters. The minimum atomic E-state index is -3.05. The zero-order chi connectivity index (χ0) is 13.1. The van der Waals surface area contributed by atoms with Gasteiger partial charge in [0.05, 0.1) is 11.4 Å². The van der Waals surface area contributed by atoms with Gasteiger partial charge in [0.15, 0.2) is 9.84 Å². The van der Waals surface area contributed by atoms with Gasteiger partial charge in [0.25, 0.3) is 5.91 Å². The summed E-state index contributed by atoms with van der Waals surface area (Å²) >= 11 is 0. The van der Waals surface area contributed by atoms with E-state index >= 15 is 0 Å². The Labute approximate surface area is 101 Å². The van der Waals surface area contributed by atoms with E-state index in [0.717, 1.165) is 0 Å². The lowest BCUT2D eigenvalue weighted by atomic mass is 10.4. The molecular formula is C10H17N3O3S. The van der Waals surface area contributed by atoms with Gasteiger partial charge in [0.2, 0.25) is 0 Å². The van der Waals surface area contributed by atoms with Gasteiger partial charge in [-0.15, -0.1) is 0 Å². The van der Waals surface area contributed by atoms with Crippen LogP contribution < -0.4 is 11.1 Å². The Hall–Kier alpha value is -1.50. The highest BCUT2D eigenvalue weighted by atomic mass is 32.2. The van der Waals surface area contributed by atoms with Crippen LogP contribution in [-0.4, -0.2) is 36.9 Å². The Morgan fingerprint density at radius 1 is 1.53 bits per heavy atom. The van der Waals surface area contributed by atoms with E-state index in [9.17, 15) is 13.2 Å². The molecule has 0 aliphatic rings. The lowest BCUT2D eigenvalue weighted by molar-refractivity contribution is 0.0948. The number of nitrogens with one attached hydrogen (secondary N) is 1. The Bertz CT molecular complexity index is 505. The van der Waals surface area contributed by atoms with Crippen molar-refractivity contribution in [3.8, 4) is 0 Å². The number of aryl methyl sites for hydroxylation is 1. The summed E-state index contributed by atoms with van der Waals surface area (Å²) in [6.45, 7) is 1.69. The van der Waals surface area contributed by atoms with E-state index < -0.39 is 9.84 Å². The van der Waals surface area contributed by atoms with Gasteiger partial charge >= 0.3 is 0 Å². The fourth-order valence-corrected chi connectivity index (χ4v) is 2.07. The highest BCUT2D eigenvalue weighted by Gasteiger charge is 2.12. The SMILES string of the molecule is CCS(=O)(=O)CCNC(=O)c1cc(N)cn1C. The second-order valence-electron chi connectivity index (χ2n) is 3.76. The second-order valence-corrected chi connectivity index (χ2v) is 6.23. The number of carbonyl (C=O) groups is 1. The first kappa shape index (κ1) is 13.6. The van der Waals surface area contributed by atoms with Crippen molar-refractivity contribution in [2.45, 2.75) is 6.92 Å². The van der Waals surface area contributed by atoms with Crippen LogP contribution in [-0.2, 0) is 16.9 Å². The molecular weight excluding hydrogens is 242 g/mol. The molecule has 0 unspecified atom stereocenters. The average molecular weight is 259 g/mol. The summed E-state index contributed by atoms with van der Waals surface area (Å²) in [5.41, 5.74) is 6.45. The summed E-state index contributed by atoms with van der Waals surface area (Å²) < 4.78 is 24.0. The van der Waals surface area contributed by atoms with E-state index in [1.165, 1.54) is 0 Å². The second kappa shape index (κ2) is 5.22. The monoisotopic (exact) mass is 259 g/mol. The van der Waals surface area contributed by atoms with Crippen molar-refractivity contribution in [3.63, 3.8) is 0 Å². The lowest BCUT2D eigenvalue weighted by Crippen LogP contribution is -2.30. The molecule has 1 heterocycles. The number of sulfone groups is 1. The van der Waals surface area contributed by atoms with Crippen molar-refractivity contribution in [3.05, 3.63) is 18.0 Å². The van der Waals surface area contributed by atoms with Crippen LogP contribution in [0.15, 0.2) is 12.3 Å². The maximum atomic E-state index is 11.7. The third-order valence-corrected chi connectivity index (χ3v) is 4.10. The van der Waals surface area contributed by atoms with Gasteiger partial charge in [-0.25, -0.2) is 8.42 Å². The van der Waals surface area contributed by atoms with Gasteiger partial charge in [-0.2, -0.15) is 0 Å². The van der Waals surface area contributed by atoms with Crippen molar-refractivity contribution in [2.24, 2.45) is 7.05 Å². The van der Waals surface area contributed by atoms with Gasteiger partial charge in [0.1, 0.15) is 5.69 Å². The summed E-state index contributed by atoms with van der Waals surface area (Å²) in [5.74, 6) is -0.287. The van der Waals surface area contributed by atoms with Crippen LogP contribution in [0.1, 0.15) is 17.4 Å². The van der Waals surface area contributed by atoms with Gasteiger partial charge < -0.3 is 15.6 Å². The number of nitrogens with two attached hydrogens (primary N) is 1. The molecule has 1 amide bonds. The van der Waals surface area contributed by atoms with Crippen LogP contribution in [0.2, 0.25) is 0 Å². The molecule has 0 saturated heterocycles. The van der Waals surface area contributed by atoms with E-state index in [1.807, 2.05) is 0 Å². The molecule has 0 saturated carbocycles. The zero-order valence-electron chi connectivity index (χ0n) is 9.93. The molecule has 1 aromatic heterocycles. The topological polar surface area (TPSA) is 94.2 Å². The minimum absolute atomic E-state index is 0.0465. The van der Waals surface area contributed by atoms with Crippen LogP contribution in [0.4, 0.5) is 5.69 Å². The predicted octanol–water partition coefficient (Wildman–Crippen LogP) is -0.228. The number of anilines is 1. The molecule has 0 aliphatic carbocycles. The molecule has 0 radical (unpaired) electrons. The van der Waals surface area contributed by atoms with Crippen LogP contribution >= 0.6 is 0 Å². The largest absolute Gasteiger partial charge is 0.397 e. The Morgan fingerprint density at radius 3 is 2.65 bits per heavy atom. The zero-order valence-corrected chi connectivity index (χ0v) is 10.8. The number of amides is 1. The highest BCUT2D eigenvalue weighted by molar-refractivity contribution is 7.91. The third kappa shape index (κ3) is 3.77. The molecule has 0 aromatic carbocycles. The summed E-state index contributed by atoms with van der Waals surface area (Å²) in [5, 5.41) is 2.55. The molecule has 0 bridgehead atoms. The average Bonchev–Trinajstić information content (AvgIpc) is 2.57. The van der Waals surface area contributed by atoms with Crippen molar-refractivity contribution in [1.29, 1.82) is 0 Å². The molecule has 96 valence electrons. The Kier molecular flexibility index (Phi) is 4.17. The quantitative estimate of drug-likeness (QED) is 0.764. The molecule has 1 rings (SSSR count). The number of nitrogen functional groups attached to an aromatic ring is 1. The first-order chi connectivity index (χ1) is 7.85. The first-order valence-corrected chi connectivity index (χ1v) is 7.08. The molecule has 1 aromatic rings. The number of nitrogens with zero attached hydrogens (tertiary/aromatic N) is 1. The van der Waals surface area contributed by atoms with Gasteiger partial charge in [0, 0.05) is 25.5 Å². The van der Waals surface area contributed by atoms with E-state index in [0.29, 0.717) is 11.4 Å². The van der Waals surface area contributed by atoms with E-state index in [-0.39, 0.29) is 24.0 Å². The first-order valence-electron chi connectivity index (χ1n) is 5.26. The van der Waals surface area contributed by atoms with E-state index in [2.05, 4.69) is 5.32 Å².